The Morgan fingerprint density at radius 2 is 2.08 bits per heavy atom. The first-order valence-electron chi connectivity index (χ1n) is 8.76. The van der Waals surface area contributed by atoms with Crippen molar-refractivity contribution in [3.05, 3.63) is 24.2 Å². The predicted molar refractivity (Wildman–Crippen MR) is 90.5 cm³/mol. The van der Waals surface area contributed by atoms with Crippen LogP contribution in [0.1, 0.15) is 29.6 Å². The third kappa shape index (κ3) is 3.16. The van der Waals surface area contributed by atoms with Gasteiger partial charge in [-0.2, -0.15) is 5.10 Å². The van der Waals surface area contributed by atoms with Crippen molar-refractivity contribution < 1.29 is 19.0 Å². The summed E-state index contributed by atoms with van der Waals surface area (Å²) >= 11 is 0. The summed E-state index contributed by atoms with van der Waals surface area (Å²) in [4.78, 5) is 23.0. The minimum atomic E-state index is -0.161. The number of ether oxygens (including phenoxy) is 3. The van der Waals surface area contributed by atoms with Crippen LogP contribution < -0.4 is 14.2 Å². The Morgan fingerprint density at radius 3 is 2.92 bits per heavy atom. The van der Waals surface area contributed by atoms with Crippen LogP contribution in [-0.2, 0) is 6.54 Å². The molecule has 1 atom stereocenters. The molecule has 0 saturated carbocycles. The molecule has 0 radical (unpaired) electrons. The molecule has 0 aliphatic carbocycles. The Hall–Kier alpha value is -2.84. The Morgan fingerprint density at radius 1 is 1.23 bits per heavy atom. The molecule has 2 aliphatic heterocycles. The number of aromatic nitrogens is 4. The fraction of sp³-hybridized carbons (Fsp3) is 0.529. The summed E-state index contributed by atoms with van der Waals surface area (Å²) in [6.45, 7) is 2.55. The summed E-state index contributed by atoms with van der Waals surface area (Å²) in [5.41, 5.74) is 0.516. The standard InChI is InChI=1S/C17H21N5O4/c1-24-14-15(19-6-5-18-14)26-12-4-2-7-21(11-12)16(23)13-10-20-22-8-3-9-25-17(13)22/h5-6,10,12H,2-4,7-9,11H2,1H3/t12-/m0/s1. The molecule has 26 heavy (non-hydrogen) atoms. The number of rotatable bonds is 4. The Balaban J connectivity index is 1.46. The summed E-state index contributed by atoms with van der Waals surface area (Å²) in [5, 5.41) is 4.26. The Bertz CT molecular complexity index is 793. The monoisotopic (exact) mass is 359 g/mol. The van der Waals surface area contributed by atoms with Crippen molar-refractivity contribution in [3.63, 3.8) is 0 Å². The van der Waals surface area contributed by atoms with E-state index < -0.39 is 0 Å². The molecule has 9 nitrogen and oxygen atoms in total. The first-order valence-corrected chi connectivity index (χ1v) is 8.76. The summed E-state index contributed by atoms with van der Waals surface area (Å²) in [6.07, 6.45) is 7.13. The normalized spacial score (nSPS) is 19.4. The molecule has 0 unspecified atom stereocenters. The SMILES string of the molecule is COc1nccnc1O[C@H]1CCCN(C(=O)c2cnn3c2OCCC3)C1. The van der Waals surface area contributed by atoms with Crippen LogP contribution in [0.4, 0.5) is 0 Å². The fourth-order valence-electron chi connectivity index (χ4n) is 3.30. The molecule has 9 heteroatoms. The van der Waals surface area contributed by atoms with Crippen molar-refractivity contribution in [1.82, 2.24) is 24.6 Å². The van der Waals surface area contributed by atoms with Crippen LogP contribution in [0.2, 0.25) is 0 Å². The Labute approximate surface area is 150 Å². The average molecular weight is 359 g/mol. The van der Waals surface area contributed by atoms with Crippen molar-refractivity contribution in [2.75, 3.05) is 26.8 Å². The molecule has 0 N–H and O–H groups in total. The number of piperidine rings is 1. The van der Waals surface area contributed by atoms with Gasteiger partial charge in [-0.1, -0.05) is 0 Å². The molecule has 4 rings (SSSR count). The van der Waals surface area contributed by atoms with E-state index >= 15 is 0 Å². The van der Waals surface area contributed by atoms with Gasteiger partial charge in [-0.15, -0.1) is 0 Å². The van der Waals surface area contributed by atoms with Gasteiger partial charge in [0.15, 0.2) is 0 Å². The zero-order valence-electron chi connectivity index (χ0n) is 14.6. The van der Waals surface area contributed by atoms with Crippen molar-refractivity contribution in [2.24, 2.45) is 0 Å². The van der Waals surface area contributed by atoms with Gasteiger partial charge in [-0.3, -0.25) is 4.79 Å². The lowest BCUT2D eigenvalue weighted by Crippen LogP contribution is -2.44. The highest BCUT2D eigenvalue weighted by molar-refractivity contribution is 5.96. The van der Waals surface area contributed by atoms with Crippen LogP contribution in [0.25, 0.3) is 0 Å². The molecule has 1 saturated heterocycles. The van der Waals surface area contributed by atoms with E-state index in [0.29, 0.717) is 42.9 Å². The van der Waals surface area contributed by atoms with E-state index in [1.165, 1.54) is 7.11 Å². The average Bonchev–Trinajstić information content (AvgIpc) is 3.12. The van der Waals surface area contributed by atoms with E-state index in [0.717, 1.165) is 25.8 Å². The maximum absolute atomic E-state index is 12.9. The van der Waals surface area contributed by atoms with Gasteiger partial charge >= 0.3 is 0 Å². The maximum atomic E-state index is 12.9. The smallest absolute Gasteiger partial charge is 0.278 e. The molecule has 4 heterocycles. The van der Waals surface area contributed by atoms with Crippen molar-refractivity contribution in [2.45, 2.75) is 31.9 Å². The van der Waals surface area contributed by atoms with Crippen LogP contribution in [0.3, 0.4) is 0 Å². The van der Waals surface area contributed by atoms with Gasteiger partial charge in [0.1, 0.15) is 11.7 Å². The van der Waals surface area contributed by atoms with E-state index in [1.54, 1.807) is 28.2 Å². The van der Waals surface area contributed by atoms with Gasteiger partial charge in [0.05, 0.1) is 26.5 Å². The second-order valence-electron chi connectivity index (χ2n) is 6.29. The van der Waals surface area contributed by atoms with E-state index in [2.05, 4.69) is 15.1 Å². The molecule has 0 spiro atoms. The number of methoxy groups -OCH3 is 1. The van der Waals surface area contributed by atoms with Crippen LogP contribution in [-0.4, -0.2) is 63.5 Å². The number of amides is 1. The van der Waals surface area contributed by atoms with E-state index in [1.807, 2.05) is 0 Å². The second kappa shape index (κ2) is 7.19. The number of carbonyl (C=O) groups is 1. The summed E-state index contributed by atoms with van der Waals surface area (Å²) in [6, 6.07) is 0. The minimum Gasteiger partial charge on any atom is -0.477 e. The molecule has 2 aliphatic rings. The summed E-state index contributed by atoms with van der Waals surface area (Å²) < 4.78 is 18.5. The largest absolute Gasteiger partial charge is 0.477 e. The zero-order chi connectivity index (χ0) is 17.9. The summed E-state index contributed by atoms with van der Waals surface area (Å²) in [7, 11) is 1.52. The number of carbonyl (C=O) groups excluding carboxylic acids is 1. The molecular weight excluding hydrogens is 338 g/mol. The molecule has 0 bridgehead atoms. The topological polar surface area (TPSA) is 91.6 Å². The highest BCUT2D eigenvalue weighted by Gasteiger charge is 2.30. The number of hydrogen-bond acceptors (Lipinski definition) is 7. The molecule has 1 fully saturated rings. The van der Waals surface area contributed by atoms with Gasteiger partial charge in [-0.25, -0.2) is 14.6 Å². The maximum Gasteiger partial charge on any atom is 0.278 e. The highest BCUT2D eigenvalue weighted by atomic mass is 16.5. The minimum absolute atomic E-state index is 0.0763. The number of aryl methyl sites for hydroxylation is 1. The van der Waals surface area contributed by atoms with Gasteiger partial charge in [0, 0.05) is 31.9 Å². The molecular formula is C17H21N5O4. The highest BCUT2D eigenvalue weighted by Crippen LogP contribution is 2.27. The molecule has 138 valence electrons. The van der Waals surface area contributed by atoms with Crippen LogP contribution >= 0.6 is 0 Å². The molecule has 2 aromatic heterocycles. The first kappa shape index (κ1) is 16.6. The zero-order valence-corrected chi connectivity index (χ0v) is 14.6. The number of hydrogen-bond donors (Lipinski definition) is 0. The van der Waals surface area contributed by atoms with Gasteiger partial charge in [-0.05, 0) is 12.8 Å². The molecule has 2 aromatic rings. The quantitative estimate of drug-likeness (QED) is 0.808. The van der Waals surface area contributed by atoms with Gasteiger partial charge in [0.25, 0.3) is 17.7 Å². The van der Waals surface area contributed by atoms with Gasteiger partial charge < -0.3 is 19.1 Å². The number of nitrogens with zero attached hydrogens (tertiary/aromatic N) is 5. The predicted octanol–water partition coefficient (Wildman–Crippen LogP) is 1.15. The van der Waals surface area contributed by atoms with Crippen LogP contribution in [0.5, 0.6) is 17.6 Å². The fourth-order valence-corrected chi connectivity index (χ4v) is 3.30. The van der Waals surface area contributed by atoms with E-state index in [4.69, 9.17) is 14.2 Å². The van der Waals surface area contributed by atoms with E-state index in [-0.39, 0.29) is 12.0 Å². The van der Waals surface area contributed by atoms with Crippen molar-refractivity contribution in [1.29, 1.82) is 0 Å². The number of fused-ring (bicyclic) bond motifs is 1. The van der Waals surface area contributed by atoms with Crippen LogP contribution in [0, 0.1) is 0 Å². The van der Waals surface area contributed by atoms with Crippen molar-refractivity contribution in [3.8, 4) is 17.6 Å². The third-order valence-corrected chi connectivity index (χ3v) is 4.54. The third-order valence-electron chi connectivity index (χ3n) is 4.54. The first-order chi connectivity index (χ1) is 12.8. The molecule has 0 aromatic carbocycles. The van der Waals surface area contributed by atoms with Gasteiger partial charge in [0.2, 0.25) is 5.88 Å². The summed E-state index contributed by atoms with van der Waals surface area (Å²) in [5.74, 6) is 1.18. The molecule has 1 amide bonds. The van der Waals surface area contributed by atoms with Crippen molar-refractivity contribution >= 4 is 5.91 Å². The second-order valence-corrected chi connectivity index (χ2v) is 6.29. The lowest BCUT2D eigenvalue weighted by molar-refractivity contribution is 0.0514. The van der Waals surface area contributed by atoms with E-state index in [9.17, 15) is 4.79 Å². The Kier molecular flexibility index (Phi) is 4.59. The lowest BCUT2D eigenvalue weighted by Gasteiger charge is -2.32. The van der Waals surface area contributed by atoms with Crippen LogP contribution in [0.15, 0.2) is 18.6 Å². The lowest BCUT2D eigenvalue weighted by atomic mass is 10.1. The number of likely N-dealkylation sites (tertiary alicyclic amines) is 1.